The molecule has 0 N–H and O–H groups in total. The lowest BCUT2D eigenvalue weighted by Crippen LogP contribution is -2.20. The summed E-state index contributed by atoms with van der Waals surface area (Å²) in [6.07, 6.45) is 1.68. The highest BCUT2D eigenvalue weighted by molar-refractivity contribution is 6.42. The Balaban J connectivity index is 2.08. The van der Waals surface area contributed by atoms with Crippen molar-refractivity contribution < 1.29 is 0 Å². The monoisotopic (exact) mass is 359 g/mol. The van der Waals surface area contributed by atoms with Crippen molar-refractivity contribution in [3.05, 3.63) is 62.4 Å². The van der Waals surface area contributed by atoms with Gasteiger partial charge in [0.1, 0.15) is 5.82 Å². The van der Waals surface area contributed by atoms with E-state index in [9.17, 15) is 4.79 Å². The van der Waals surface area contributed by atoms with Gasteiger partial charge in [-0.15, -0.1) is 5.10 Å². The smallest absolute Gasteiger partial charge is 0.266 e. The van der Waals surface area contributed by atoms with Crippen LogP contribution in [0.2, 0.25) is 10.0 Å². The average Bonchev–Trinajstić information content (AvgIpc) is 2.90. The van der Waals surface area contributed by atoms with Gasteiger partial charge in [-0.2, -0.15) is 9.50 Å². The van der Waals surface area contributed by atoms with Crippen LogP contribution in [0.25, 0.3) is 22.4 Å². The molecule has 0 saturated heterocycles. The van der Waals surface area contributed by atoms with Crippen LogP contribution in [-0.4, -0.2) is 24.1 Å². The molecule has 3 aromatic heterocycles. The maximum atomic E-state index is 13.0. The molecular weight excluding hydrogens is 349 g/mol. The number of rotatable bonds is 1. The summed E-state index contributed by atoms with van der Waals surface area (Å²) < 4.78 is 3.09. The van der Waals surface area contributed by atoms with Gasteiger partial charge in [0.2, 0.25) is 0 Å². The Bertz CT molecular complexity index is 1180. The topological polar surface area (TPSA) is 65.1 Å². The summed E-state index contributed by atoms with van der Waals surface area (Å²) >= 11 is 12.0. The van der Waals surface area contributed by atoms with Crippen molar-refractivity contribution in [3.63, 3.8) is 0 Å². The fourth-order valence-electron chi connectivity index (χ4n) is 2.72. The zero-order valence-corrected chi connectivity index (χ0v) is 14.3. The quantitative estimate of drug-likeness (QED) is 0.522. The molecule has 0 aliphatic carbocycles. The zero-order chi connectivity index (χ0) is 17.0. The summed E-state index contributed by atoms with van der Waals surface area (Å²) in [4.78, 5) is 21.6. The van der Waals surface area contributed by atoms with Gasteiger partial charge in [0.15, 0.2) is 0 Å². The van der Waals surface area contributed by atoms with Gasteiger partial charge < -0.3 is 0 Å². The van der Waals surface area contributed by atoms with Crippen molar-refractivity contribution in [3.8, 4) is 5.69 Å². The molecule has 0 saturated carbocycles. The van der Waals surface area contributed by atoms with Gasteiger partial charge in [0.05, 0.1) is 32.3 Å². The Morgan fingerprint density at radius 2 is 1.83 bits per heavy atom. The van der Waals surface area contributed by atoms with E-state index in [4.69, 9.17) is 23.2 Å². The fourth-order valence-corrected chi connectivity index (χ4v) is 3.02. The fraction of sp³-hybridized carbons (Fsp3) is 0.125. The molecule has 24 heavy (non-hydrogen) atoms. The second-order valence-corrected chi connectivity index (χ2v) is 6.23. The van der Waals surface area contributed by atoms with Crippen LogP contribution in [0.3, 0.4) is 0 Å². The minimum absolute atomic E-state index is 0.203. The van der Waals surface area contributed by atoms with Crippen molar-refractivity contribution in [2.24, 2.45) is 0 Å². The number of benzene rings is 1. The van der Waals surface area contributed by atoms with Crippen LogP contribution in [0.1, 0.15) is 11.5 Å². The lowest BCUT2D eigenvalue weighted by molar-refractivity contribution is 0.933. The van der Waals surface area contributed by atoms with E-state index in [0.717, 1.165) is 0 Å². The van der Waals surface area contributed by atoms with Crippen molar-refractivity contribution >= 4 is 39.9 Å². The van der Waals surface area contributed by atoms with Gasteiger partial charge in [-0.3, -0.25) is 9.36 Å². The minimum Gasteiger partial charge on any atom is -0.284 e. The Morgan fingerprint density at radius 1 is 1.04 bits per heavy atom. The van der Waals surface area contributed by atoms with Crippen LogP contribution in [0.4, 0.5) is 0 Å². The van der Waals surface area contributed by atoms with Crippen LogP contribution < -0.4 is 5.56 Å². The molecule has 0 bridgehead atoms. The summed E-state index contributed by atoms with van der Waals surface area (Å²) in [6.45, 7) is 3.57. The summed E-state index contributed by atoms with van der Waals surface area (Å²) in [5, 5.41) is 5.62. The standard InChI is InChI=1S/C16H11Cl2N5O/c1-8-14-13(23-16(19-8)20-9(2)21-23)5-6-22(15(14)24)10-3-4-11(17)12(18)7-10/h3-7H,1-2H3. The molecule has 120 valence electrons. The van der Waals surface area contributed by atoms with Gasteiger partial charge in [-0.25, -0.2) is 4.98 Å². The first-order valence-corrected chi connectivity index (χ1v) is 7.92. The summed E-state index contributed by atoms with van der Waals surface area (Å²) in [5.41, 5.74) is 1.69. The summed E-state index contributed by atoms with van der Waals surface area (Å²) in [6, 6.07) is 6.86. The Kier molecular flexibility index (Phi) is 3.33. The lowest BCUT2D eigenvalue weighted by atomic mass is 10.2. The van der Waals surface area contributed by atoms with E-state index in [-0.39, 0.29) is 5.56 Å². The Labute approximate surface area is 146 Å². The maximum Gasteiger partial charge on any atom is 0.266 e. The normalized spacial score (nSPS) is 11.5. The average molecular weight is 360 g/mol. The number of hydrogen-bond donors (Lipinski definition) is 0. The molecule has 0 amide bonds. The highest BCUT2D eigenvalue weighted by Crippen LogP contribution is 2.24. The van der Waals surface area contributed by atoms with E-state index in [1.165, 1.54) is 4.57 Å². The number of pyridine rings is 1. The first-order valence-electron chi connectivity index (χ1n) is 7.16. The third kappa shape index (κ3) is 2.18. The molecule has 3 heterocycles. The highest BCUT2D eigenvalue weighted by Gasteiger charge is 2.14. The summed E-state index contributed by atoms with van der Waals surface area (Å²) in [5.74, 6) is 1.08. The van der Waals surface area contributed by atoms with Gasteiger partial charge >= 0.3 is 0 Å². The van der Waals surface area contributed by atoms with Crippen molar-refractivity contribution in [1.82, 2.24) is 24.1 Å². The van der Waals surface area contributed by atoms with E-state index >= 15 is 0 Å². The van der Waals surface area contributed by atoms with Crippen molar-refractivity contribution in [2.75, 3.05) is 0 Å². The molecule has 4 aromatic rings. The highest BCUT2D eigenvalue weighted by atomic mass is 35.5. The van der Waals surface area contributed by atoms with Crippen molar-refractivity contribution in [1.29, 1.82) is 0 Å². The zero-order valence-electron chi connectivity index (χ0n) is 12.8. The molecule has 0 aliphatic heterocycles. The van der Waals surface area contributed by atoms with Crippen LogP contribution in [0, 0.1) is 13.8 Å². The molecule has 0 fully saturated rings. The van der Waals surface area contributed by atoms with Gasteiger partial charge in [0, 0.05) is 6.20 Å². The van der Waals surface area contributed by atoms with Gasteiger partial charge in [-0.1, -0.05) is 23.2 Å². The first-order chi connectivity index (χ1) is 11.5. The molecule has 0 atom stereocenters. The van der Waals surface area contributed by atoms with Crippen LogP contribution in [-0.2, 0) is 0 Å². The predicted octanol–water partition coefficient (Wildman–Crippen LogP) is 3.35. The third-order valence-corrected chi connectivity index (χ3v) is 4.54. The molecule has 1 aromatic carbocycles. The summed E-state index contributed by atoms with van der Waals surface area (Å²) in [7, 11) is 0. The first kappa shape index (κ1) is 15.1. The SMILES string of the molecule is Cc1nc2nc(C)c3c(=O)n(-c4ccc(Cl)c(Cl)c4)ccc3n2n1. The maximum absolute atomic E-state index is 13.0. The number of hydrogen-bond acceptors (Lipinski definition) is 4. The van der Waals surface area contributed by atoms with Crippen molar-refractivity contribution in [2.45, 2.75) is 13.8 Å². The molecule has 0 unspecified atom stereocenters. The third-order valence-electron chi connectivity index (χ3n) is 3.81. The lowest BCUT2D eigenvalue weighted by Gasteiger charge is -2.10. The van der Waals surface area contributed by atoms with Gasteiger partial charge in [0.25, 0.3) is 11.3 Å². The van der Waals surface area contributed by atoms with Crippen LogP contribution in [0.5, 0.6) is 0 Å². The van der Waals surface area contributed by atoms with E-state index in [0.29, 0.717) is 43.9 Å². The number of halogens is 2. The molecule has 6 nitrogen and oxygen atoms in total. The second-order valence-electron chi connectivity index (χ2n) is 5.42. The molecule has 8 heteroatoms. The molecular formula is C16H11Cl2N5O. The minimum atomic E-state index is -0.203. The number of aromatic nitrogens is 5. The number of fused-ring (bicyclic) bond motifs is 3. The van der Waals surface area contributed by atoms with Gasteiger partial charge in [-0.05, 0) is 38.1 Å². The number of aryl methyl sites for hydroxylation is 2. The predicted molar refractivity (Wildman–Crippen MR) is 93.4 cm³/mol. The van der Waals surface area contributed by atoms with E-state index in [1.807, 2.05) is 6.07 Å². The number of nitrogens with zero attached hydrogens (tertiary/aromatic N) is 5. The molecule has 0 radical (unpaired) electrons. The molecule has 4 rings (SSSR count). The Hall–Kier alpha value is -2.44. The second kappa shape index (κ2) is 5.29. The molecule has 0 spiro atoms. The van der Waals surface area contributed by atoms with E-state index in [2.05, 4.69) is 15.1 Å². The van der Waals surface area contributed by atoms with Crippen LogP contribution >= 0.6 is 23.2 Å². The van der Waals surface area contributed by atoms with E-state index in [1.54, 1.807) is 42.8 Å². The Morgan fingerprint density at radius 3 is 2.58 bits per heavy atom. The van der Waals surface area contributed by atoms with Crippen LogP contribution in [0.15, 0.2) is 35.3 Å². The van der Waals surface area contributed by atoms with E-state index < -0.39 is 0 Å². The largest absolute Gasteiger partial charge is 0.284 e. The molecule has 0 aliphatic rings.